The van der Waals surface area contributed by atoms with Gasteiger partial charge in [0, 0.05) is 11.8 Å². The molecule has 0 unspecified atom stereocenters. The predicted octanol–water partition coefficient (Wildman–Crippen LogP) is -0.616. The van der Waals surface area contributed by atoms with E-state index in [9.17, 15) is 46.0 Å². The zero-order valence-corrected chi connectivity index (χ0v) is 31.9. The molecule has 15 nitrogen and oxygen atoms in total. The summed E-state index contributed by atoms with van der Waals surface area (Å²) < 4.78 is 36.9. The second kappa shape index (κ2) is 14.6. The smallest absolute Gasteiger partial charge is 0.197 e. The summed E-state index contributed by atoms with van der Waals surface area (Å²) >= 11 is 0. The van der Waals surface area contributed by atoms with E-state index in [1.807, 2.05) is 0 Å². The van der Waals surface area contributed by atoms with Crippen LogP contribution in [0.5, 0.6) is 0 Å². The molecule has 15 heteroatoms. The molecular formula is C39H64O15. The summed E-state index contributed by atoms with van der Waals surface area (Å²) in [5, 5.41) is 96.1. The van der Waals surface area contributed by atoms with E-state index < -0.39 is 92.6 Å². The first-order chi connectivity index (χ1) is 25.6. The number of ether oxygens (including phenoxy) is 6. The van der Waals surface area contributed by atoms with Gasteiger partial charge in [-0.05, 0) is 91.8 Å². The second-order valence-electron chi connectivity index (χ2n) is 18.9. The lowest BCUT2D eigenvalue weighted by Crippen LogP contribution is -2.65. The first kappa shape index (κ1) is 40.2. The molecule has 0 aromatic rings. The van der Waals surface area contributed by atoms with Crippen molar-refractivity contribution in [1.29, 1.82) is 0 Å². The van der Waals surface area contributed by atoms with Gasteiger partial charge >= 0.3 is 0 Å². The van der Waals surface area contributed by atoms with Crippen LogP contribution < -0.4 is 0 Å². The molecule has 4 saturated heterocycles. The van der Waals surface area contributed by atoms with Gasteiger partial charge in [-0.3, -0.25) is 0 Å². The Hall–Kier alpha value is -0.600. The van der Waals surface area contributed by atoms with Crippen LogP contribution in [0.1, 0.15) is 79.1 Å². The van der Waals surface area contributed by atoms with E-state index in [0.717, 1.165) is 32.1 Å². The first-order valence-electron chi connectivity index (χ1n) is 20.5. The molecule has 0 radical (unpaired) electrons. The fraction of sp³-hybridized carbons (Fsp3) is 1.00. The van der Waals surface area contributed by atoms with Crippen LogP contribution in [0, 0.1) is 52.3 Å². The Bertz CT molecular complexity index is 1340. The number of fused-ring (bicyclic) bond motifs is 7. The van der Waals surface area contributed by atoms with Gasteiger partial charge in [0.25, 0.3) is 0 Å². The van der Waals surface area contributed by atoms with Crippen LogP contribution in [0.25, 0.3) is 0 Å². The molecule has 0 aromatic carbocycles. The Balaban J connectivity index is 0.959. The van der Waals surface area contributed by atoms with Gasteiger partial charge in [0.05, 0.1) is 38.1 Å². The third kappa shape index (κ3) is 6.01. The van der Waals surface area contributed by atoms with Gasteiger partial charge in [0.1, 0.15) is 54.9 Å². The molecule has 4 saturated carbocycles. The lowest BCUT2D eigenvalue weighted by molar-refractivity contribution is -0.373. The lowest BCUT2D eigenvalue weighted by Gasteiger charge is -2.61. The van der Waals surface area contributed by atoms with Gasteiger partial charge in [-0.25, -0.2) is 0 Å². The van der Waals surface area contributed by atoms with Gasteiger partial charge in [-0.15, -0.1) is 0 Å². The minimum absolute atomic E-state index is 0.00295. The molecule has 8 fully saturated rings. The number of aliphatic hydroxyl groups excluding tert-OH is 9. The van der Waals surface area contributed by atoms with Crippen molar-refractivity contribution in [3.63, 3.8) is 0 Å². The van der Waals surface area contributed by atoms with Crippen LogP contribution in [-0.2, 0) is 28.4 Å². The molecule has 0 amide bonds. The Kier molecular flexibility index (Phi) is 10.9. The molecule has 310 valence electrons. The van der Waals surface area contributed by atoms with E-state index in [0.29, 0.717) is 43.6 Å². The summed E-state index contributed by atoms with van der Waals surface area (Å²) in [5.41, 5.74) is -0.149. The molecule has 4 heterocycles. The molecule has 1 spiro atoms. The molecule has 4 aliphatic heterocycles. The van der Waals surface area contributed by atoms with Crippen LogP contribution >= 0.6 is 0 Å². The zero-order chi connectivity index (χ0) is 38.6. The average molecular weight is 773 g/mol. The molecule has 8 aliphatic rings. The second-order valence-corrected chi connectivity index (χ2v) is 18.9. The average Bonchev–Trinajstić information content (AvgIpc) is 3.57. The van der Waals surface area contributed by atoms with Crippen molar-refractivity contribution >= 4 is 0 Å². The summed E-state index contributed by atoms with van der Waals surface area (Å²) in [5.74, 6) is 0.330. The van der Waals surface area contributed by atoms with E-state index in [1.165, 1.54) is 0 Å². The third-order valence-electron chi connectivity index (χ3n) is 16.2. The van der Waals surface area contributed by atoms with Crippen molar-refractivity contribution in [3.8, 4) is 0 Å². The van der Waals surface area contributed by atoms with Crippen molar-refractivity contribution in [1.82, 2.24) is 0 Å². The SMILES string of the molecule is C[C@H]1CO[C@@]2(O[C@@H]3[C@@H](O)[C@H]4[C@@H]5CC[C@H]6C[C@H](O[C@@H]7O[C@@H](CO)[C@H](O)[C@@H](O)[C@H]7O[C@@H]7O[C@@H](CO)[C@H](O)[C@@H](O)[C@H]7O)CC[C@@]6(C)[C@H]5CC[C@@]4(C)[C@@H]3[C@H]2C)[C@@H](O)C1. The van der Waals surface area contributed by atoms with Gasteiger partial charge in [0.15, 0.2) is 18.4 Å². The number of aliphatic hydroxyl groups is 9. The maximum atomic E-state index is 12.1. The Morgan fingerprint density at radius 2 is 1.33 bits per heavy atom. The van der Waals surface area contributed by atoms with Crippen molar-refractivity contribution in [2.24, 2.45) is 52.3 Å². The molecule has 0 aromatic heterocycles. The Morgan fingerprint density at radius 3 is 2.02 bits per heavy atom. The lowest BCUT2D eigenvalue weighted by atomic mass is 9.44. The molecule has 54 heavy (non-hydrogen) atoms. The van der Waals surface area contributed by atoms with Crippen molar-refractivity contribution in [3.05, 3.63) is 0 Å². The predicted molar refractivity (Wildman–Crippen MR) is 186 cm³/mol. The van der Waals surface area contributed by atoms with Crippen molar-refractivity contribution in [2.45, 2.75) is 171 Å². The highest BCUT2D eigenvalue weighted by Gasteiger charge is 2.73. The zero-order valence-electron chi connectivity index (χ0n) is 31.9. The molecule has 24 atom stereocenters. The van der Waals surface area contributed by atoms with Crippen LogP contribution in [0.2, 0.25) is 0 Å². The summed E-state index contributed by atoms with van der Waals surface area (Å²) in [7, 11) is 0. The highest BCUT2D eigenvalue weighted by Crippen LogP contribution is 2.71. The summed E-state index contributed by atoms with van der Waals surface area (Å²) in [4.78, 5) is 0. The largest absolute Gasteiger partial charge is 0.394 e. The molecule has 8 rings (SSSR count). The van der Waals surface area contributed by atoms with E-state index in [1.54, 1.807) is 0 Å². The summed E-state index contributed by atoms with van der Waals surface area (Å²) in [6.45, 7) is 8.23. The quantitative estimate of drug-likeness (QED) is 0.153. The highest BCUT2D eigenvalue weighted by molar-refractivity contribution is 5.19. The van der Waals surface area contributed by atoms with Gasteiger partial charge in [-0.1, -0.05) is 27.7 Å². The maximum Gasteiger partial charge on any atom is 0.197 e. The van der Waals surface area contributed by atoms with Crippen LogP contribution in [0.15, 0.2) is 0 Å². The van der Waals surface area contributed by atoms with Crippen molar-refractivity contribution in [2.75, 3.05) is 19.8 Å². The number of hydrogen-bond acceptors (Lipinski definition) is 15. The Morgan fingerprint density at radius 1 is 0.667 bits per heavy atom. The topological polar surface area (TPSA) is 237 Å². The standard InChI is InChI=1S/C39H64O15/c1-16-11-24(42)39(49-15-16)17(2)25-33(54-39)29(45)26-20-6-5-18-12-19(7-9-37(18,3)21(20)8-10-38(25,26)4)50-36-34(31(47)28(44)23(14-41)52-36)53-35-32(48)30(46)27(43)22(13-40)51-35/h16-36,40-48H,5-15H2,1-4H3/t16-,17-,18+,19-,20-,21+,22+,23+,24+,25-,26-,27+,28+,29+,30-,31-,32-,33+,34-,35+,36-,37-,38+,39+/m1/s1. The van der Waals surface area contributed by atoms with Gasteiger partial charge in [0.2, 0.25) is 0 Å². The Labute approximate surface area is 316 Å². The minimum Gasteiger partial charge on any atom is -0.394 e. The normalized spacial score (nSPS) is 60.1. The summed E-state index contributed by atoms with van der Waals surface area (Å²) in [6, 6.07) is 0. The molecule has 9 N–H and O–H groups in total. The number of rotatable bonds is 6. The van der Waals surface area contributed by atoms with Crippen LogP contribution in [0.3, 0.4) is 0 Å². The van der Waals surface area contributed by atoms with E-state index >= 15 is 0 Å². The molecular weight excluding hydrogens is 708 g/mol. The molecule has 4 aliphatic carbocycles. The maximum absolute atomic E-state index is 12.1. The third-order valence-corrected chi connectivity index (χ3v) is 16.2. The summed E-state index contributed by atoms with van der Waals surface area (Å²) in [6.07, 6.45) is -10.2. The minimum atomic E-state index is -1.74. The molecule has 0 bridgehead atoms. The monoisotopic (exact) mass is 772 g/mol. The van der Waals surface area contributed by atoms with Crippen LogP contribution in [0.4, 0.5) is 0 Å². The highest BCUT2D eigenvalue weighted by atomic mass is 16.8. The van der Waals surface area contributed by atoms with Crippen molar-refractivity contribution < 1.29 is 74.4 Å². The fourth-order valence-corrected chi connectivity index (χ4v) is 13.4. The van der Waals surface area contributed by atoms with E-state index in [4.69, 9.17) is 28.4 Å². The van der Waals surface area contributed by atoms with E-state index in [2.05, 4.69) is 27.7 Å². The van der Waals surface area contributed by atoms with E-state index in [-0.39, 0.29) is 46.7 Å². The van der Waals surface area contributed by atoms with Crippen LogP contribution in [-0.4, -0.2) is 157 Å². The van der Waals surface area contributed by atoms with Gasteiger partial charge < -0.3 is 74.4 Å². The number of hydrogen-bond donors (Lipinski definition) is 9. The van der Waals surface area contributed by atoms with Gasteiger partial charge in [-0.2, -0.15) is 0 Å². The fourth-order valence-electron chi connectivity index (χ4n) is 13.4. The first-order valence-corrected chi connectivity index (χ1v) is 20.5.